The van der Waals surface area contributed by atoms with Crippen LogP contribution in [0.25, 0.3) is 10.2 Å². The third-order valence-corrected chi connectivity index (χ3v) is 7.95. The lowest BCUT2D eigenvalue weighted by atomic mass is 10.1. The van der Waals surface area contributed by atoms with E-state index in [0.29, 0.717) is 17.3 Å². The highest BCUT2D eigenvalue weighted by Gasteiger charge is 2.21. The highest BCUT2D eigenvalue weighted by molar-refractivity contribution is 8.00. The number of fused-ring (bicyclic) bond motifs is 1. The average Bonchev–Trinajstić information content (AvgIpc) is 3.21. The number of hydrogen-bond acceptors (Lipinski definition) is 6. The van der Waals surface area contributed by atoms with Crippen molar-refractivity contribution < 1.29 is 9.53 Å². The van der Waals surface area contributed by atoms with Crippen molar-refractivity contribution in [1.82, 2.24) is 9.88 Å². The van der Waals surface area contributed by atoms with E-state index in [4.69, 9.17) is 21.3 Å². The number of halogens is 1. The van der Waals surface area contributed by atoms with Crippen molar-refractivity contribution in [3.05, 3.63) is 52.5 Å². The zero-order valence-corrected chi connectivity index (χ0v) is 20.9. The third-order valence-electron chi connectivity index (χ3n) is 5.48. The minimum absolute atomic E-state index is 0.0837. The smallest absolute Gasteiger partial charge is 0.239 e. The standard InChI is InChI=1S/C24H28ClN3O2S2/c1-17-14-18(2)23-21(15-17)26-24(32-23)28(9-3-8-27-10-12-30-13-11-27)22(29)16-31-20-6-4-19(25)5-7-20/h4-7,14-15H,3,8-13,16H2,1-2H3. The first kappa shape index (κ1) is 23.5. The van der Waals surface area contributed by atoms with Crippen LogP contribution in [0.1, 0.15) is 17.5 Å². The van der Waals surface area contributed by atoms with Crippen LogP contribution in [-0.4, -0.2) is 60.9 Å². The molecule has 1 aliphatic heterocycles. The molecule has 0 aliphatic carbocycles. The molecule has 170 valence electrons. The van der Waals surface area contributed by atoms with Crippen molar-refractivity contribution in [2.24, 2.45) is 0 Å². The number of anilines is 1. The number of carbonyl (C=O) groups is 1. The van der Waals surface area contributed by atoms with Gasteiger partial charge in [-0.05, 0) is 61.7 Å². The quantitative estimate of drug-likeness (QED) is 0.396. The normalized spacial score (nSPS) is 14.7. The molecule has 0 radical (unpaired) electrons. The predicted octanol–water partition coefficient (Wildman–Crippen LogP) is 5.41. The van der Waals surface area contributed by atoms with Gasteiger partial charge in [-0.3, -0.25) is 14.6 Å². The number of rotatable bonds is 8. The molecular formula is C24H28ClN3O2S2. The van der Waals surface area contributed by atoms with Crippen LogP contribution >= 0.6 is 34.7 Å². The number of aryl methyl sites for hydroxylation is 2. The van der Waals surface area contributed by atoms with Crippen molar-refractivity contribution in [3.8, 4) is 0 Å². The Balaban J connectivity index is 1.49. The molecule has 8 heteroatoms. The molecule has 0 atom stereocenters. The number of benzene rings is 2. The van der Waals surface area contributed by atoms with E-state index in [2.05, 4.69) is 30.9 Å². The van der Waals surface area contributed by atoms with Crippen LogP contribution in [0.4, 0.5) is 5.13 Å². The number of amides is 1. The van der Waals surface area contributed by atoms with Crippen LogP contribution < -0.4 is 4.90 Å². The van der Waals surface area contributed by atoms with Gasteiger partial charge in [-0.2, -0.15) is 0 Å². The molecular weight excluding hydrogens is 462 g/mol. The summed E-state index contributed by atoms with van der Waals surface area (Å²) in [4.78, 5) is 23.5. The Labute approximate surface area is 202 Å². The Hall–Kier alpha value is -1.64. The first-order valence-corrected chi connectivity index (χ1v) is 13.0. The van der Waals surface area contributed by atoms with Gasteiger partial charge in [0, 0.05) is 36.1 Å². The molecule has 2 heterocycles. The second-order valence-corrected chi connectivity index (χ2v) is 10.5. The van der Waals surface area contributed by atoms with E-state index in [1.807, 2.05) is 29.2 Å². The molecule has 32 heavy (non-hydrogen) atoms. The van der Waals surface area contributed by atoms with Gasteiger partial charge in [-0.15, -0.1) is 11.8 Å². The van der Waals surface area contributed by atoms with E-state index in [1.165, 1.54) is 22.9 Å². The number of thiazole rings is 1. The predicted molar refractivity (Wildman–Crippen MR) is 135 cm³/mol. The lowest BCUT2D eigenvalue weighted by Crippen LogP contribution is -2.39. The summed E-state index contributed by atoms with van der Waals surface area (Å²) in [6.07, 6.45) is 0.908. The number of hydrogen-bond donors (Lipinski definition) is 0. The van der Waals surface area contributed by atoms with Gasteiger partial charge in [0.25, 0.3) is 0 Å². The Morgan fingerprint density at radius 3 is 2.72 bits per heavy atom. The van der Waals surface area contributed by atoms with Crippen LogP contribution in [-0.2, 0) is 9.53 Å². The van der Waals surface area contributed by atoms with E-state index >= 15 is 0 Å². The number of morpholine rings is 1. The van der Waals surface area contributed by atoms with Gasteiger partial charge in [0.1, 0.15) is 0 Å². The molecule has 0 saturated carbocycles. The number of thioether (sulfide) groups is 1. The summed E-state index contributed by atoms with van der Waals surface area (Å²) in [6, 6.07) is 11.9. The second-order valence-electron chi connectivity index (χ2n) is 8.02. The molecule has 1 fully saturated rings. The molecule has 1 amide bonds. The number of carbonyl (C=O) groups excluding carboxylic acids is 1. The SMILES string of the molecule is Cc1cc(C)c2sc(N(CCCN3CCOCC3)C(=O)CSc3ccc(Cl)cc3)nc2c1. The van der Waals surface area contributed by atoms with Gasteiger partial charge in [0.15, 0.2) is 5.13 Å². The van der Waals surface area contributed by atoms with Gasteiger partial charge in [0.2, 0.25) is 5.91 Å². The molecule has 0 bridgehead atoms. The van der Waals surface area contributed by atoms with Crippen molar-refractivity contribution in [1.29, 1.82) is 0 Å². The summed E-state index contributed by atoms with van der Waals surface area (Å²) in [5.41, 5.74) is 3.37. The fourth-order valence-electron chi connectivity index (χ4n) is 3.84. The number of ether oxygens (including phenoxy) is 1. The Bertz CT molecular complexity index is 1070. The van der Waals surface area contributed by atoms with E-state index < -0.39 is 0 Å². The molecule has 1 aliphatic rings. The fourth-order valence-corrected chi connectivity index (χ4v) is 5.80. The van der Waals surface area contributed by atoms with Gasteiger partial charge in [0.05, 0.1) is 29.2 Å². The molecule has 0 spiro atoms. The van der Waals surface area contributed by atoms with Gasteiger partial charge in [-0.25, -0.2) is 4.98 Å². The van der Waals surface area contributed by atoms with Crippen molar-refractivity contribution in [2.45, 2.75) is 25.2 Å². The summed E-state index contributed by atoms with van der Waals surface area (Å²) >= 11 is 9.13. The highest BCUT2D eigenvalue weighted by Crippen LogP contribution is 2.33. The first-order valence-electron chi connectivity index (χ1n) is 10.9. The molecule has 4 rings (SSSR count). The van der Waals surface area contributed by atoms with E-state index in [-0.39, 0.29) is 5.91 Å². The van der Waals surface area contributed by atoms with Crippen LogP contribution in [0.3, 0.4) is 0 Å². The van der Waals surface area contributed by atoms with Crippen LogP contribution in [0.15, 0.2) is 41.3 Å². The molecule has 1 saturated heterocycles. The second kappa shape index (κ2) is 11.0. The minimum Gasteiger partial charge on any atom is -0.379 e. The summed E-state index contributed by atoms with van der Waals surface area (Å²) in [5, 5.41) is 1.49. The van der Waals surface area contributed by atoms with Gasteiger partial charge in [-0.1, -0.05) is 29.0 Å². The van der Waals surface area contributed by atoms with Crippen LogP contribution in [0.5, 0.6) is 0 Å². The zero-order valence-electron chi connectivity index (χ0n) is 18.5. The average molecular weight is 490 g/mol. The summed E-state index contributed by atoms with van der Waals surface area (Å²) in [5.74, 6) is 0.452. The Morgan fingerprint density at radius 2 is 1.97 bits per heavy atom. The van der Waals surface area contributed by atoms with Gasteiger partial charge < -0.3 is 4.74 Å². The molecule has 5 nitrogen and oxygen atoms in total. The van der Waals surface area contributed by atoms with Crippen LogP contribution in [0.2, 0.25) is 5.02 Å². The van der Waals surface area contributed by atoms with E-state index in [1.54, 1.807) is 11.3 Å². The summed E-state index contributed by atoms with van der Waals surface area (Å²) < 4.78 is 6.60. The summed E-state index contributed by atoms with van der Waals surface area (Å²) in [7, 11) is 0. The first-order chi connectivity index (χ1) is 15.5. The maximum absolute atomic E-state index is 13.3. The van der Waals surface area contributed by atoms with E-state index in [0.717, 1.165) is 59.5 Å². The zero-order chi connectivity index (χ0) is 22.5. The van der Waals surface area contributed by atoms with E-state index in [9.17, 15) is 4.79 Å². The maximum Gasteiger partial charge on any atom is 0.239 e. The maximum atomic E-state index is 13.3. The topological polar surface area (TPSA) is 45.7 Å². The molecule has 1 aromatic heterocycles. The van der Waals surface area contributed by atoms with Crippen molar-refractivity contribution in [2.75, 3.05) is 50.0 Å². The Kier molecular flexibility index (Phi) is 8.07. The lowest BCUT2D eigenvalue weighted by molar-refractivity contribution is -0.116. The molecule has 2 aromatic carbocycles. The largest absolute Gasteiger partial charge is 0.379 e. The summed E-state index contributed by atoms with van der Waals surface area (Å²) in [6.45, 7) is 9.31. The van der Waals surface area contributed by atoms with Gasteiger partial charge >= 0.3 is 0 Å². The van der Waals surface area contributed by atoms with Crippen molar-refractivity contribution >= 4 is 56.0 Å². The third kappa shape index (κ3) is 6.02. The van der Waals surface area contributed by atoms with Crippen molar-refractivity contribution in [3.63, 3.8) is 0 Å². The minimum atomic E-state index is 0.0837. The highest BCUT2D eigenvalue weighted by atomic mass is 35.5. The molecule has 3 aromatic rings. The monoisotopic (exact) mass is 489 g/mol. The van der Waals surface area contributed by atoms with Crippen LogP contribution in [0, 0.1) is 13.8 Å². The lowest BCUT2D eigenvalue weighted by Gasteiger charge is -2.27. The molecule has 0 N–H and O–H groups in total. The number of aromatic nitrogens is 1. The molecule has 0 unspecified atom stereocenters. The fraction of sp³-hybridized carbons (Fsp3) is 0.417. The number of nitrogens with zero attached hydrogens (tertiary/aromatic N) is 3. The Morgan fingerprint density at radius 1 is 1.22 bits per heavy atom.